The molecule has 1 fully saturated rings. The maximum atomic E-state index is 13.4. The van der Waals surface area contributed by atoms with E-state index >= 15 is 0 Å². The number of aromatic hydroxyl groups is 1. The minimum Gasteiger partial charge on any atom is -0.504 e. The number of pyridine rings is 1. The molecule has 3 aromatic rings. The molecule has 0 aliphatic carbocycles. The molecule has 5 atom stereocenters. The van der Waals surface area contributed by atoms with Crippen molar-refractivity contribution in [1.29, 1.82) is 5.26 Å². The van der Waals surface area contributed by atoms with Gasteiger partial charge >= 0.3 is 5.97 Å². The number of hydrogen-bond acceptors (Lipinski definition) is 12. The van der Waals surface area contributed by atoms with E-state index in [1.165, 1.54) is 25.3 Å². The van der Waals surface area contributed by atoms with Gasteiger partial charge in [-0.3, -0.25) is 0 Å². The topological polar surface area (TPSA) is 183 Å². The molecule has 1 aromatic heterocycles. The Kier molecular flexibility index (Phi) is 9.26. The molecule has 2 heterocycles. The number of thioether (sulfide) groups is 1. The van der Waals surface area contributed by atoms with Crippen LogP contribution in [0.4, 0.5) is 0 Å². The molecule has 1 saturated heterocycles. The number of ether oxygens (including phenoxy) is 3. The van der Waals surface area contributed by atoms with Crippen LogP contribution in [-0.2, 0) is 9.47 Å². The highest BCUT2D eigenvalue weighted by Crippen LogP contribution is 2.43. The molecule has 0 radical (unpaired) electrons. The third-order valence-corrected chi connectivity index (χ3v) is 7.49. The lowest BCUT2D eigenvalue weighted by molar-refractivity contribution is -0.205. The molecule has 2 aromatic carbocycles. The first kappa shape index (κ1) is 29.3. The Labute approximate surface area is 234 Å². The van der Waals surface area contributed by atoms with Crippen LogP contribution < -0.4 is 4.74 Å². The van der Waals surface area contributed by atoms with Crippen molar-refractivity contribution in [2.45, 2.75) is 41.8 Å². The molecular weight excluding hydrogens is 540 g/mol. The third kappa shape index (κ3) is 5.62. The summed E-state index contributed by atoms with van der Waals surface area (Å²) >= 11 is 0.792. The van der Waals surface area contributed by atoms with Crippen molar-refractivity contribution in [2.24, 2.45) is 0 Å². The molecule has 0 spiro atoms. The highest BCUT2D eigenvalue weighted by atomic mass is 32.2. The highest BCUT2D eigenvalue weighted by Gasteiger charge is 2.44. The Morgan fingerprint density at radius 2 is 1.82 bits per heavy atom. The first-order valence-corrected chi connectivity index (χ1v) is 13.2. The maximum absolute atomic E-state index is 13.4. The van der Waals surface area contributed by atoms with Crippen LogP contribution in [0.5, 0.6) is 11.5 Å². The zero-order chi connectivity index (χ0) is 29.0. The molecular formula is C28H28N2O9S. The smallest absolute Gasteiger partial charge is 0.341 e. The van der Waals surface area contributed by atoms with E-state index < -0.39 is 42.4 Å². The van der Waals surface area contributed by atoms with Gasteiger partial charge in [-0.15, -0.1) is 0 Å². The third-order valence-electron chi connectivity index (χ3n) is 6.35. The summed E-state index contributed by atoms with van der Waals surface area (Å²) in [6.07, 6.45) is -5.97. The summed E-state index contributed by atoms with van der Waals surface area (Å²) in [5.74, 6) is -0.801. The van der Waals surface area contributed by atoms with E-state index in [0.717, 1.165) is 11.8 Å². The van der Waals surface area contributed by atoms with Crippen LogP contribution in [0.1, 0.15) is 22.8 Å². The number of rotatable bonds is 8. The lowest BCUT2D eigenvalue weighted by atomic mass is 9.92. The quantitative estimate of drug-likeness (QED) is 0.250. The number of phenolic OH excluding ortho intramolecular Hbond substituents is 1. The van der Waals surface area contributed by atoms with E-state index in [1.807, 2.05) is 0 Å². The van der Waals surface area contributed by atoms with Gasteiger partial charge in [0.25, 0.3) is 0 Å². The molecule has 0 saturated carbocycles. The zero-order valence-corrected chi connectivity index (χ0v) is 22.4. The fourth-order valence-corrected chi connectivity index (χ4v) is 5.48. The number of aliphatic hydroxyl groups is 4. The fraction of sp³-hybridized carbons (Fsp3) is 0.321. The molecule has 1 aliphatic heterocycles. The van der Waals surface area contributed by atoms with Crippen molar-refractivity contribution in [2.75, 3.05) is 20.3 Å². The van der Waals surface area contributed by atoms with Crippen molar-refractivity contribution in [3.8, 4) is 40.0 Å². The summed E-state index contributed by atoms with van der Waals surface area (Å²) in [6.45, 7) is 1.07. The lowest BCUT2D eigenvalue weighted by Gasteiger charge is -2.39. The Bertz CT molecular complexity index is 1410. The van der Waals surface area contributed by atoms with Crippen LogP contribution in [0.15, 0.2) is 53.6 Å². The molecule has 1 aliphatic rings. The standard InChI is InChI=1S/C28H28N2O9S/c1-3-38-27(36)21-20(15-9-10-17(32)18(11-15)37-2)16(12-29)26(30-22(21)14-7-5-4-6-8-14)40-28-25(35)24(34)23(33)19(13-31)39-28/h4-11,19,23-25,28,31-35H,3,13H2,1-2H3/t19-,23-,24+,25-,28+/m1/s1. The predicted molar refractivity (Wildman–Crippen MR) is 144 cm³/mol. The van der Waals surface area contributed by atoms with E-state index in [4.69, 9.17) is 14.2 Å². The average Bonchev–Trinajstić information content (AvgIpc) is 2.97. The molecule has 40 heavy (non-hydrogen) atoms. The Hall–Kier alpha value is -3.70. The number of aliphatic hydroxyl groups excluding tert-OH is 4. The monoisotopic (exact) mass is 568 g/mol. The molecule has 0 bridgehead atoms. The van der Waals surface area contributed by atoms with Gasteiger partial charge in [-0.05, 0) is 24.6 Å². The number of carbonyl (C=O) groups is 1. The lowest BCUT2D eigenvalue weighted by Crippen LogP contribution is -2.57. The van der Waals surface area contributed by atoms with E-state index in [9.17, 15) is 35.6 Å². The Balaban J connectivity index is 2.01. The van der Waals surface area contributed by atoms with Gasteiger partial charge in [0.15, 0.2) is 11.5 Å². The summed E-state index contributed by atoms with van der Waals surface area (Å²) in [5, 5.41) is 61.4. The number of methoxy groups -OCH3 is 1. The van der Waals surface area contributed by atoms with Gasteiger partial charge < -0.3 is 39.7 Å². The number of nitriles is 1. The van der Waals surface area contributed by atoms with Crippen LogP contribution in [0.25, 0.3) is 22.4 Å². The van der Waals surface area contributed by atoms with E-state index in [2.05, 4.69) is 11.1 Å². The second kappa shape index (κ2) is 12.6. The number of hydrogen-bond donors (Lipinski definition) is 5. The van der Waals surface area contributed by atoms with Crippen LogP contribution >= 0.6 is 11.8 Å². The number of phenols is 1. The summed E-state index contributed by atoms with van der Waals surface area (Å²) in [7, 11) is 1.36. The molecule has 0 amide bonds. The first-order chi connectivity index (χ1) is 19.2. The zero-order valence-electron chi connectivity index (χ0n) is 21.6. The van der Waals surface area contributed by atoms with Gasteiger partial charge in [-0.25, -0.2) is 9.78 Å². The van der Waals surface area contributed by atoms with E-state index in [0.29, 0.717) is 11.1 Å². The summed E-state index contributed by atoms with van der Waals surface area (Å²) < 4.78 is 16.3. The minimum absolute atomic E-state index is 0.00417. The van der Waals surface area contributed by atoms with Crippen molar-refractivity contribution in [3.05, 3.63) is 59.7 Å². The normalized spacial score (nSPS) is 22.4. The predicted octanol–water partition coefficient (Wildman–Crippen LogP) is 2.07. The molecule has 12 heteroatoms. The second-order valence-corrected chi connectivity index (χ2v) is 9.88. The van der Waals surface area contributed by atoms with Crippen molar-refractivity contribution >= 4 is 17.7 Å². The van der Waals surface area contributed by atoms with Crippen molar-refractivity contribution in [1.82, 2.24) is 4.98 Å². The van der Waals surface area contributed by atoms with Gasteiger partial charge in [-0.1, -0.05) is 48.2 Å². The largest absolute Gasteiger partial charge is 0.504 e. The van der Waals surface area contributed by atoms with Gasteiger partial charge in [-0.2, -0.15) is 5.26 Å². The molecule has 11 nitrogen and oxygen atoms in total. The summed E-state index contributed by atoms with van der Waals surface area (Å²) in [5.41, 5.74) is -0.142. The molecule has 5 N–H and O–H groups in total. The van der Waals surface area contributed by atoms with Crippen molar-refractivity contribution in [3.63, 3.8) is 0 Å². The van der Waals surface area contributed by atoms with Crippen LogP contribution in [-0.4, -0.2) is 86.7 Å². The molecule has 4 rings (SSSR count). The van der Waals surface area contributed by atoms with E-state index in [1.54, 1.807) is 37.3 Å². The van der Waals surface area contributed by atoms with Gasteiger partial charge in [0.1, 0.15) is 40.9 Å². The molecule has 210 valence electrons. The van der Waals surface area contributed by atoms with Gasteiger partial charge in [0.2, 0.25) is 0 Å². The number of esters is 1. The average molecular weight is 569 g/mol. The minimum atomic E-state index is -1.64. The second-order valence-electron chi connectivity index (χ2n) is 8.79. The van der Waals surface area contributed by atoms with Gasteiger partial charge in [0.05, 0.1) is 37.1 Å². The fourth-order valence-electron chi connectivity index (χ4n) is 4.36. The van der Waals surface area contributed by atoms with Crippen molar-refractivity contribution < 1.29 is 44.5 Å². The number of benzene rings is 2. The summed E-state index contributed by atoms with van der Waals surface area (Å²) in [4.78, 5) is 18.1. The number of carbonyl (C=O) groups excluding carboxylic acids is 1. The van der Waals surface area contributed by atoms with E-state index in [-0.39, 0.29) is 45.5 Å². The Morgan fingerprint density at radius 1 is 1.10 bits per heavy atom. The van der Waals surface area contributed by atoms with Crippen LogP contribution in [0.2, 0.25) is 0 Å². The SMILES string of the molecule is CCOC(=O)c1c(-c2ccccc2)nc(S[C@@H]2O[C@H](CO)[C@@H](O)[C@H](O)[C@H]2O)c(C#N)c1-c1ccc(O)c(OC)c1. The molecule has 0 unspecified atom stereocenters. The maximum Gasteiger partial charge on any atom is 0.341 e. The van der Waals surface area contributed by atoms with Gasteiger partial charge in [0, 0.05) is 11.1 Å². The Morgan fingerprint density at radius 3 is 2.45 bits per heavy atom. The highest BCUT2D eigenvalue weighted by molar-refractivity contribution is 7.99. The first-order valence-electron chi connectivity index (χ1n) is 12.3. The number of aromatic nitrogens is 1. The summed E-state index contributed by atoms with van der Waals surface area (Å²) in [6, 6.07) is 15.1. The number of nitrogens with zero attached hydrogens (tertiary/aromatic N) is 2. The van der Waals surface area contributed by atoms with Crippen LogP contribution in [0.3, 0.4) is 0 Å². The van der Waals surface area contributed by atoms with Crippen LogP contribution in [0, 0.1) is 11.3 Å².